The van der Waals surface area contributed by atoms with Crippen molar-refractivity contribution in [3.8, 4) is 0 Å². The molecule has 1 aliphatic rings. The lowest BCUT2D eigenvalue weighted by Gasteiger charge is -2.33. The number of nitrogens with zero attached hydrogens (tertiary/aromatic N) is 1. The summed E-state index contributed by atoms with van der Waals surface area (Å²) in [6.07, 6.45) is 3.14. The minimum atomic E-state index is 0.741. The Bertz CT molecular complexity index is 620. The molecule has 0 unspecified atom stereocenters. The Hall–Kier alpha value is -1.93. The van der Waals surface area contributed by atoms with Crippen molar-refractivity contribution in [3.05, 3.63) is 64.8 Å². The van der Waals surface area contributed by atoms with Gasteiger partial charge in [-0.25, -0.2) is 0 Å². The molecule has 0 amide bonds. The summed E-state index contributed by atoms with van der Waals surface area (Å²) in [5.41, 5.74) is 7.85. The van der Waals surface area contributed by atoms with E-state index in [1.165, 1.54) is 5.70 Å². The Balaban J connectivity index is 2.08. The van der Waals surface area contributed by atoms with Crippen LogP contribution in [-0.4, -0.2) is 0 Å². The molecule has 0 spiro atoms. The Kier molecular flexibility index (Phi) is 3.18. The molecule has 3 heteroatoms. The van der Waals surface area contributed by atoms with Crippen molar-refractivity contribution < 1.29 is 0 Å². The molecule has 0 bridgehead atoms. The summed E-state index contributed by atoms with van der Waals surface area (Å²) < 4.78 is 0. The number of hydrogen-bond acceptors (Lipinski definition) is 2. The van der Waals surface area contributed by atoms with Crippen LogP contribution in [0.15, 0.2) is 54.2 Å². The van der Waals surface area contributed by atoms with Crippen LogP contribution in [-0.2, 0) is 0 Å². The van der Waals surface area contributed by atoms with Gasteiger partial charge in [-0.05, 0) is 30.7 Å². The molecule has 19 heavy (non-hydrogen) atoms. The number of fused-ring (bicyclic) bond motifs is 1. The van der Waals surface area contributed by atoms with E-state index in [2.05, 4.69) is 41.6 Å². The van der Waals surface area contributed by atoms with E-state index < -0.39 is 0 Å². The van der Waals surface area contributed by atoms with Crippen LogP contribution in [0, 0.1) is 0 Å². The van der Waals surface area contributed by atoms with Crippen LogP contribution in [0.3, 0.4) is 0 Å². The van der Waals surface area contributed by atoms with E-state index >= 15 is 0 Å². The Morgan fingerprint density at radius 1 is 1.05 bits per heavy atom. The highest BCUT2D eigenvalue weighted by Gasteiger charge is 2.19. The van der Waals surface area contributed by atoms with Crippen LogP contribution >= 0.6 is 11.6 Å². The lowest BCUT2D eigenvalue weighted by atomic mass is 10.1. The summed E-state index contributed by atoms with van der Waals surface area (Å²) in [5.74, 6) is 0. The predicted molar refractivity (Wildman–Crippen MR) is 82.3 cm³/mol. The van der Waals surface area contributed by atoms with Gasteiger partial charge in [0.25, 0.3) is 0 Å². The lowest BCUT2D eigenvalue weighted by Crippen LogP contribution is -2.31. The van der Waals surface area contributed by atoms with Gasteiger partial charge in [-0.15, -0.1) is 0 Å². The molecule has 2 nitrogen and oxygen atoms in total. The molecule has 96 valence electrons. The van der Waals surface area contributed by atoms with Gasteiger partial charge < -0.3 is 0 Å². The maximum Gasteiger partial charge on any atom is 0.0805 e. The van der Waals surface area contributed by atoms with Gasteiger partial charge in [0, 0.05) is 11.3 Å². The summed E-state index contributed by atoms with van der Waals surface area (Å²) in [7, 11) is 0. The third-order valence-corrected chi connectivity index (χ3v) is 3.57. The second-order valence-corrected chi connectivity index (χ2v) is 4.88. The predicted octanol–water partition coefficient (Wildman–Crippen LogP) is 4.94. The fourth-order valence-corrected chi connectivity index (χ4v) is 2.50. The maximum atomic E-state index is 6.27. The Morgan fingerprint density at radius 2 is 1.84 bits per heavy atom. The number of anilines is 2. The number of hydrazine groups is 1. The zero-order valence-electron chi connectivity index (χ0n) is 10.7. The highest BCUT2D eigenvalue weighted by atomic mass is 35.5. The van der Waals surface area contributed by atoms with Crippen molar-refractivity contribution in [2.24, 2.45) is 0 Å². The number of hydrogen-bond donors (Lipinski definition) is 1. The first-order valence-corrected chi connectivity index (χ1v) is 6.78. The normalized spacial score (nSPS) is 13.6. The topological polar surface area (TPSA) is 15.3 Å². The van der Waals surface area contributed by atoms with E-state index in [9.17, 15) is 0 Å². The molecule has 0 aliphatic carbocycles. The summed E-state index contributed by atoms with van der Waals surface area (Å²) in [6.45, 7) is 2.15. The molecule has 2 aromatic rings. The van der Waals surface area contributed by atoms with Crippen LogP contribution in [0.25, 0.3) is 6.08 Å². The lowest BCUT2D eigenvalue weighted by molar-refractivity contribution is 0.962. The number of allylic oxidation sites excluding steroid dienone is 1. The SMILES string of the molecule is CCC1=Cc2cccc(Cl)c2NN1c1ccccc1. The third-order valence-electron chi connectivity index (χ3n) is 3.26. The van der Waals surface area contributed by atoms with Gasteiger partial charge in [-0.3, -0.25) is 10.4 Å². The fraction of sp³-hybridized carbons (Fsp3) is 0.125. The van der Waals surface area contributed by atoms with Crippen LogP contribution < -0.4 is 10.4 Å². The number of halogens is 1. The summed E-state index contributed by atoms with van der Waals surface area (Å²) in [6, 6.07) is 16.2. The van der Waals surface area contributed by atoms with Gasteiger partial charge >= 0.3 is 0 Å². The quantitative estimate of drug-likeness (QED) is 0.832. The molecule has 0 atom stereocenters. The van der Waals surface area contributed by atoms with Gasteiger partial charge in [0.05, 0.1) is 16.4 Å². The minimum absolute atomic E-state index is 0.741. The molecule has 0 aromatic heterocycles. The second kappa shape index (κ2) is 4.98. The molecule has 1 heterocycles. The largest absolute Gasteiger partial charge is 0.292 e. The first-order chi connectivity index (χ1) is 9.29. The van der Waals surface area contributed by atoms with Crippen molar-refractivity contribution in [2.45, 2.75) is 13.3 Å². The summed E-state index contributed by atoms with van der Waals surface area (Å²) in [5, 5.41) is 2.83. The molecule has 3 rings (SSSR count). The van der Waals surface area contributed by atoms with Crippen molar-refractivity contribution in [1.29, 1.82) is 0 Å². The smallest absolute Gasteiger partial charge is 0.0805 e. The molecule has 2 aromatic carbocycles. The zero-order valence-corrected chi connectivity index (χ0v) is 11.5. The zero-order chi connectivity index (χ0) is 13.2. The number of nitrogens with one attached hydrogen (secondary N) is 1. The Morgan fingerprint density at radius 3 is 2.58 bits per heavy atom. The number of rotatable bonds is 2. The molecule has 0 radical (unpaired) electrons. The number of para-hydroxylation sites is 2. The molecule has 0 fully saturated rings. The van der Waals surface area contributed by atoms with Gasteiger partial charge in [0.15, 0.2) is 0 Å². The highest BCUT2D eigenvalue weighted by Crippen LogP contribution is 2.35. The van der Waals surface area contributed by atoms with E-state index in [1.807, 2.05) is 30.3 Å². The molecular weight excluding hydrogens is 256 g/mol. The minimum Gasteiger partial charge on any atom is -0.292 e. The first kappa shape index (κ1) is 12.1. The first-order valence-electron chi connectivity index (χ1n) is 6.40. The molecule has 1 aliphatic heterocycles. The van der Waals surface area contributed by atoms with Crippen molar-refractivity contribution >= 4 is 29.1 Å². The van der Waals surface area contributed by atoms with Crippen LogP contribution in [0.5, 0.6) is 0 Å². The van der Waals surface area contributed by atoms with Crippen LogP contribution in [0.4, 0.5) is 11.4 Å². The van der Waals surface area contributed by atoms with Gasteiger partial charge in [0.2, 0.25) is 0 Å². The number of benzene rings is 2. The standard InChI is InChI=1S/C16H15ClN2/c1-2-13-11-12-7-6-10-15(17)16(12)18-19(13)14-8-4-3-5-9-14/h3-11,18H,2H2,1H3. The van der Waals surface area contributed by atoms with E-state index in [4.69, 9.17) is 11.6 Å². The average molecular weight is 271 g/mol. The van der Waals surface area contributed by atoms with Crippen molar-refractivity contribution in [1.82, 2.24) is 0 Å². The Labute approximate surface area is 118 Å². The van der Waals surface area contributed by atoms with Crippen LogP contribution in [0.1, 0.15) is 18.9 Å². The van der Waals surface area contributed by atoms with E-state index in [1.54, 1.807) is 0 Å². The van der Waals surface area contributed by atoms with Gasteiger partial charge in [0.1, 0.15) is 0 Å². The van der Waals surface area contributed by atoms with Crippen LogP contribution in [0.2, 0.25) is 5.02 Å². The average Bonchev–Trinajstić information content (AvgIpc) is 2.47. The van der Waals surface area contributed by atoms with Gasteiger partial charge in [-0.2, -0.15) is 0 Å². The van der Waals surface area contributed by atoms with Crippen molar-refractivity contribution in [3.63, 3.8) is 0 Å². The van der Waals surface area contributed by atoms with E-state index in [0.717, 1.165) is 28.4 Å². The third kappa shape index (κ3) is 2.20. The molecular formula is C16H15ClN2. The highest BCUT2D eigenvalue weighted by molar-refractivity contribution is 6.33. The second-order valence-electron chi connectivity index (χ2n) is 4.48. The van der Waals surface area contributed by atoms with Crippen molar-refractivity contribution in [2.75, 3.05) is 10.4 Å². The molecule has 0 saturated heterocycles. The van der Waals surface area contributed by atoms with E-state index in [-0.39, 0.29) is 0 Å². The molecule has 1 N–H and O–H groups in total. The van der Waals surface area contributed by atoms with E-state index in [0.29, 0.717) is 0 Å². The van der Waals surface area contributed by atoms with Gasteiger partial charge in [-0.1, -0.05) is 48.9 Å². The summed E-state index contributed by atoms with van der Waals surface area (Å²) >= 11 is 6.27. The summed E-state index contributed by atoms with van der Waals surface area (Å²) in [4.78, 5) is 0. The fourth-order valence-electron chi connectivity index (χ4n) is 2.27. The maximum absolute atomic E-state index is 6.27. The monoisotopic (exact) mass is 270 g/mol. The molecule has 0 saturated carbocycles.